The number of aromatic carboxylic acids is 1. The van der Waals surface area contributed by atoms with Crippen LogP contribution in [0.3, 0.4) is 0 Å². The lowest BCUT2D eigenvalue weighted by atomic mass is 9.92. The number of benzene rings is 1. The highest BCUT2D eigenvalue weighted by molar-refractivity contribution is 5.87. The van der Waals surface area contributed by atoms with Crippen molar-refractivity contribution in [2.75, 3.05) is 7.11 Å². The number of carbonyl (C=O) groups excluding carboxylic acids is 1. The lowest BCUT2D eigenvalue weighted by Gasteiger charge is -2.29. The second-order valence-corrected chi connectivity index (χ2v) is 8.62. The topological polar surface area (TPSA) is 137 Å². The van der Waals surface area contributed by atoms with Crippen molar-refractivity contribution in [3.8, 4) is 17.3 Å². The number of nitrogens with zero attached hydrogens (tertiary/aromatic N) is 3. The van der Waals surface area contributed by atoms with Crippen molar-refractivity contribution >= 4 is 12.1 Å². The summed E-state index contributed by atoms with van der Waals surface area (Å²) in [6.45, 7) is 7.05. The Morgan fingerprint density at radius 1 is 1.09 bits per heavy atom. The fourth-order valence-electron chi connectivity index (χ4n) is 3.11. The van der Waals surface area contributed by atoms with Gasteiger partial charge in [-0.05, 0) is 39.3 Å². The first-order valence-corrected chi connectivity index (χ1v) is 10.2. The van der Waals surface area contributed by atoms with Gasteiger partial charge in [0.05, 0.1) is 7.11 Å². The molecule has 3 rings (SSSR count). The number of aromatic nitrogens is 3. The number of pyridine rings is 1. The van der Waals surface area contributed by atoms with Crippen LogP contribution in [-0.4, -0.2) is 45.1 Å². The van der Waals surface area contributed by atoms with Gasteiger partial charge in [-0.1, -0.05) is 30.3 Å². The number of ether oxygens (including phenoxy) is 2. The number of nitrogens with one attached hydrogen (secondary N) is 1. The van der Waals surface area contributed by atoms with Crippen LogP contribution in [0, 0.1) is 0 Å². The lowest BCUT2D eigenvalue weighted by molar-refractivity contribution is 0.0443. The van der Waals surface area contributed by atoms with Gasteiger partial charge in [0.25, 0.3) is 0 Å². The van der Waals surface area contributed by atoms with Crippen LogP contribution in [0.2, 0.25) is 0 Å². The maximum atomic E-state index is 12.6. The number of methoxy groups -OCH3 is 1. The monoisotopic (exact) mass is 454 g/mol. The predicted molar refractivity (Wildman–Crippen MR) is 118 cm³/mol. The molecule has 0 aliphatic rings. The molecule has 0 fully saturated rings. The van der Waals surface area contributed by atoms with E-state index < -0.39 is 23.2 Å². The molecule has 0 aliphatic carbocycles. The molecule has 2 N–H and O–H groups in total. The van der Waals surface area contributed by atoms with Crippen molar-refractivity contribution in [2.24, 2.45) is 0 Å². The van der Waals surface area contributed by atoms with Crippen molar-refractivity contribution < 1.29 is 28.6 Å². The Hall–Kier alpha value is -3.95. The summed E-state index contributed by atoms with van der Waals surface area (Å²) >= 11 is 0. The molecular weight excluding hydrogens is 428 g/mol. The number of carbonyl (C=O) groups is 2. The molecule has 0 saturated carbocycles. The zero-order chi connectivity index (χ0) is 24.2. The van der Waals surface area contributed by atoms with Crippen molar-refractivity contribution in [2.45, 2.75) is 45.3 Å². The van der Waals surface area contributed by atoms with Gasteiger partial charge in [-0.2, -0.15) is 0 Å². The molecule has 0 aliphatic heterocycles. The number of amides is 1. The Morgan fingerprint density at radius 3 is 2.39 bits per heavy atom. The van der Waals surface area contributed by atoms with E-state index in [4.69, 9.17) is 13.9 Å². The zero-order valence-electron chi connectivity index (χ0n) is 19.1. The van der Waals surface area contributed by atoms with Gasteiger partial charge in [0.15, 0.2) is 5.69 Å². The molecule has 2 heterocycles. The summed E-state index contributed by atoms with van der Waals surface area (Å²) in [5, 5.41) is 20.4. The van der Waals surface area contributed by atoms with Gasteiger partial charge in [-0.15, -0.1) is 10.2 Å². The van der Waals surface area contributed by atoms with Crippen LogP contribution in [0.25, 0.3) is 11.5 Å². The van der Waals surface area contributed by atoms with Crippen molar-refractivity contribution in [3.63, 3.8) is 0 Å². The summed E-state index contributed by atoms with van der Waals surface area (Å²) in [4.78, 5) is 27.9. The predicted octanol–water partition coefficient (Wildman–Crippen LogP) is 3.82. The maximum absolute atomic E-state index is 12.6. The van der Waals surface area contributed by atoms with E-state index in [-0.39, 0.29) is 23.4 Å². The first-order valence-electron chi connectivity index (χ1n) is 10.2. The van der Waals surface area contributed by atoms with Crippen LogP contribution in [0.1, 0.15) is 49.6 Å². The number of alkyl carbamates (subject to hydrolysis) is 1. The number of carboxylic acid groups (broad SMARTS) is 1. The average Bonchev–Trinajstić information content (AvgIpc) is 3.24. The Bertz CT molecular complexity index is 1140. The molecule has 0 unspecified atom stereocenters. The normalized spacial score (nSPS) is 13.1. The Kier molecular flexibility index (Phi) is 6.66. The van der Waals surface area contributed by atoms with E-state index in [1.807, 2.05) is 30.3 Å². The van der Waals surface area contributed by atoms with Crippen LogP contribution in [0.15, 0.2) is 46.9 Å². The minimum atomic E-state index is -1.23. The number of carboxylic acids is 1. The van der Waals surface area contributed by atoms with E-state index in [9.17, 15) is 14.7 Å². The van der Waals surface area contributed by atoms with Crippen LogP contribution >= 0.6 is 0 Å². The lowest BCUT2D eigenvalue weighted by Crippen LogP contribution is -2.47. The maximum Gasteiger partial charge on any atom is 0.408 e. The van der Waals surface area contributed by atoms with E-state index in [2.05, 4.69) is 20.5 Å². The number of hydrogen-bond acceptors (Lipinski definition) is 8. The van der Waals surface area contributed by atoms with Gasteiger partial charge in [0, 0.05) is 18.1 Å². The standard InChI is InChI=1S/C23H26N4O6/c1-22(2,3)33-21(30)25-23(4,13-14-9-7-6-8-10-14)20-27-26-18(32-20)15-11-16(19(28)29)24-17(12-15)31-5/h6-12H,13H2,1-5H3,(H,25,30)(H,28,29)/t23-/m0/s1. The Morgan fingerprint density at radius 2 is 1.79 bits per heavy atom. The molecule has 10 heteroatoms. The highest BCUT2D eigenvalue weighted by Crippen LogP contribution is 2.29. The molecule has 33 heavy (non-hydrogen) atoms. The summed E-state index contributed by atoms with van der Waals surface area (Å²) in [7, 11) is 1.37. The van der Waals surface area contributed by atoms with Crippen LogP contribution in [0.4, 0.5) is 4.79 Å². The first-order chi connectivity index (χ1) is 15.5. The summed E-state index contributed by atoms with van der Waals surface area (Å²) in [6, 6.07) is 12.3. The minimum Gasteiger partial charge on any atom is -0.481 e. The number of rotatable bonds is 7. The minimum absolute atomic E-state index is 0.0541. The first kappa shape index (κ1) is 23.7. The summed E-state index contributed by atoms with van der Waals surface area (Å²) < 4.78 is 16.4. The van der Waals surface area contributed by atoms with Crippen LogP contribution in [0.5, 0.6) is 5.88 Å². The highest BCUT2D eigenvalue weighted by Gasteiger charge is 2.36. The summed E-state index contributed by atoms with van der Waals surface area (Å²) in [5.74, 6) is -0.961. The van der Waals surface area contributed by atoms with Crippen molar-refractivity contribution in [1.82, 2.24) is 20.5 Å². The Labute approximate surface area is 191 Å². The fraction of sp³-hybridized carbons (Fsp3) is 0.348. The van der Waals surface area contributed by atoms with Gasteiger partial charge in [0.1, 0.15) is 11.1 Å². The van der Waals surface area contributed by atoms with Gasteiger partial charge in [-0.3, -0.25) is 0 Å². The quantitative estimate of drug-likeness (QED) is 0.546. The van der Waals surface area contributed by atoms with Crippen molar-refractivity contribution in [3.05, 3.63) is 59.6 Å². The SMILES string of the molecule is COc1cc(-c2nnc([C@](C)(Cc3ccccc3)NC(=O)OC(C)(C)C)o2)cc(C(=O)O)n1. The van der Waals surface area contributed by atoms with Crippen molar-refractivity contribution in [1.29, 1.82) is 0 Å². The fourth-order valence-corrected chi connectivity index (χ4v) is 3.11. The Balaban J connectivity index is 1.99. The van der Waals surface area contributed by atoms with Gasteiger partial charge >= 0.3 is 12.1 Å². The molecule has 2 aromatic heterocycles. The molecule has 0 saturated heterocycles. The zero-order valence-corrected chi connectivity index (χ0v) is 19.1. The third-order valence-electron chi connectivity index (χ3n) is 4.55. The van der Waals surface area contributed by atoms with Gasteiger partial charge in [0.2, 0.25) is 17.7 Å². The van der Waals surface area contributed by atoms with Crippen LogP contribution < -0.4 is 10.1 Å². The van der Waals surface area contributed by atoms with Gasteiger partial charge in [-0.25, -0.2) is 14.6 Å². The molecule has 0 radical (unpaired) electrons. The summed E-state index contributed by atoms with van der Waals surface area (Å²) in [6.07, 6.45) is -0.297. The summed E-state index contributed by atoms with van der Waals surface area (Å²) in [5.41, 5.74) is -0.796. The van der Waals surface area contributed by atoms with E-state index in [1.165, 1.54) is 19.2 Å². The highest BCUT2D eigenvalue weighted by atomic mass is 16.6. The van der Waals surface area contributed by atoms with E-state index in [1.54, 1.807) is 27.7 Å². The second kappa shape index (κ2) is 9.27. The molecule has 10 nitrogen and oxygen atoms in total. The third-order valence-corrected chi connectivity index (χ3v) is 4.55. The molecule has 174 valence electrons. The van der Waals surface area contributed by atoms with Crippen LogP contribution in [-0.2, 0) is 16.7 Å². The molecule has 1 atom stereocenters. The second-order valence-electron chi connectivity index (χ2n) is 8.62. The van der Waals surface area contributed by atoms with E-state index in [0.29, 0.717) is 12.0 Å². The molecule has 1 amide bonds. The third kappa shape index (κ3) is 6.06. The van der Waals surface area contributed by atoms with E-state index in [0.717, 1.165) is 5.56 Å². The smallest absolute Gasteiger partial charge is 0.408 e. The molecular formula is C23H26N4O6. The average molecular weight is 454 g/mol. The molecule has 0 bridgehead atoms. The molecule has 1 aromatic carbocycles. The number of hydrogen-bond donors (Lipinski definition) is 2. The largest absolute Gasteiger partial charge is 0.481 e. The molecule has 0 spiro atoms. The van der Waals surface area contributed by atoms with Gasteiger partial charge < -0.3 is 24.3 Å². The van der Waals surface area contributed by atoms with E-state index >= 15 is 0 Å². The molecule has 3 aromatic rings.